The summed E-state index contributed by atoms with van der Waals surface area (Å²) in [5, 5.41) is 0. The van der Waals surface area contributed by atoms with Crippen molar-refractivity contribution in [1.82, 2.24) is 0 Å². The maximum Gasteiger partial charge on any atom is 0.166 e. The predicted molar refractivity (Wildman–Crippen MR) is 71.7 cm³/mol. The molecule has 0 saturated carbocycles. The summed E-state index contributed by atoms with van der Waals surface area (Å²) >= 11 is 1.80. The Bertz CT molecular complexity index is 388. The number of thioether (sulfide) groups is 1. The summed E-state index contributed by atoms with van der Waals surface area (Å²) in [5.41, 5.74) is 3.56. The SMILES string of the molecule is Cc1cccc(C)c1CC(=O)C1CSCCO1. The molecule has 2 rings (SSSR count). The summed E-state index contributed by atoms with van der Waals surface area (Å²) in [7, 11) is 0. The van der Waals surface area contributed by atoms with Gasteiger partial charge in [-0.1, -0.05) is 18.2 Å². The van der Waals surface area contributed by atoms with Crippen LogP contribution in [0.25, 0.3) is 0 Å². The number of ketones is 1. The zero-order chi connectivity index (χ0) is 12.3. The van der Waals surface area contributed by atoms with Gasteiger partial charge in [-0.3, -0.25) is 4.79 Å². The van der Waals surface area contributed by atoms with E-state index < -0.39 is 0 Å². The van der Waals surface area contributed by atoms with E-state index in [0.717, 1.165) is 17.1 Å². The van der Waals surface area contributed by atoms with Gasteiger partial charge in [-0.25, -0.2) is 0 Å². The molecule has 3 heteroatoms. The van der Waals surface area contributed by atoms with E-state index in [1.807, 2.05) is 6.07 Å². The predicted octanol–water partition coefficient (Wildman–Crippen LogP) is 2.55. The Kier molecular flexibility index (Phi) is 4.24. The fourth-order valence-electron chi connectivity index (χ4n) is 2.09. The van der Waals surface area contributed by atoms with Crippen molar-refractivity contribution in [2.24, 2.45) is 0 Å². The second-order valence-corrected chi connectivity index (χ2v) is 5.60. The summed E-state index contributed by atoms with van der Waals surface area (Å²) in [5.74, 6) is 2.03. The van der Waals surface area contributed by atoms with Gasteiger partial charge in [0.1, 0.15) is 6.10 Å². The summed E-state index contributed by atoms with van der Waals surface area (Å²) in [6.45, 7) is 4.83. The molecule has 92 valence electrons. The number of benzene rings is 1. The van der Waals surface area contributed by atoms with Gasteiger partial charge in [-0.05, 0) is 30.5 Å². The van der Waals surface area contributed by atoms with Gasteiger partial charge in [0.25, 0.3) is 0 Å². The van der Waals surface area contributed by atoms with Gasteiger partial charge in [0.05, 0.1) is 6.61 Å². The molecule has 1 saturated heterocycles. The van der Waals surface area contributed by atoms with Crippen molar-refractivity contribution >= 4 is 17.5 Å². The van der Waals surface area contributed by atoms with Crippen molar-refractivity contribution in [3.63, 3.8) is 0 Å². The van der Waals surface area contributed by atoms with Gasteiger partial charge in [0.2, 0.25) is 0 Å². The van der Waals surface area contributed by atoms with Gasteiger partial charge in [0, 0.05) is 17.9 Å². The Balaban J connectivity index is 2.07. The monoisotopic (exact) mass is 250 g/mol. The molecule has 0 aromatic heterocycles. The van der Waals surface area contributed by atoms with Crippen molar-refractivity contribution in [2.75, 3.05) is 18.1 Å². The topological polar surface area (TPSA) is 26.3 Å². The second kappa shape index (κ2) is 5.69. The van der Waals surface area contributed by atoms with Gasteiger partial charge in [-0.15, -0.1) is 0 Å². The van der Waals surface area contributed by atoms with Gasteiger partial charge < -0.3 is 4.74 Å². The highest BCUT2D eigenvalue weighted by molar-refractivity contribution is 7.99. The minimum atomic E-state index is -0.201. The summed E-state index contributed by atoms with van der Waals surface area (Å²) < 4.78 is 5.52. The van der Waals surface area contributed by atoms with Gasteiger partial charge in [0.15, 0.2) is 5.78 Å². The number of hydrogen-bond acceptors (Lipinski definition) is 3. The molecule has 1 aliphatic heterocycles. The highest BCUT2D eigenvalue weighted by Gasteiger charge is 2.23. The van der Waals surface area contributed by atoms with E-state index in [9.17, 15) is 4.79 Å². The lowest BCUT2D eigenvalue weighted by molar-refractivity contribution is -0.128. The molecule has 1 aliphatic rings. The van der Waals surface area contributed by atoms with Crippen molar-refractivity contribution in [2.45, 2.75) is 26.4 Å². The lowest BCUT2D eigenvalue weighted by Crippen LogP contribution is -2.32. The smallest absolute Gasteiger partial charge is 0.166 e. The van der Waals surface area contributed by atoms with E-state index >= 15 is 0 Å². The third-order valence-electron chi connectivity index (χ3n) is 3.17. The second-order valence-electron chi connectivity index (χ2n) is 4.45. The van der Waals surface area contributed by atoms with Crippen molar-refractivity contribution in [3.05, 3.63) is 34.9 Å². The molecular formula is C14H18O2S. The fourth-order valence-corrected chi connectivity index (χ4v) is 2.97. The third-order valence-corrected chi connectivity index (χ3v) is 4.16. The first-order chi connectivity index (χ1) is 8.18. The van der Waals surface area contributed by atoms with Gasteiger partial charge >= 0.3 is 0 Å². The zero-order valence-electron chi connectivity index (χ0n) is 10.4. The maximum atomic E-state index is 12.1. The van der Waals surface area contributed by atoms with E-state index in [1.165, 1.54) is 11.1 Å². The Morgan fingerprint density at radius 2 is 2.12 bits per heavy atom. The first-order valence-corrected chi connectivity index (χ1v) is 7.11. The van der Waals surface area contributed by atoms with E-state index in [0.29, 0.717) is 13.0 Å². The van der Waals surface area contributed by atoms with Crippen LogP contribution < -0.4 is 0 Å². The Labute approximate surface area is 107 Å². The molecule has 0 aliphatic carbocycles. The minimum Gasteiger partial charge on any atom is -0.369 e. The Morgan fingerprint density at radius 1 is 1.41 bits per heavy atom. The lowest BCUT2D eigenvalue weighted by atomic mass is 9.97. The van der Waals surface area contributed by atoms with Crippen LogP contribution in [0.3, 0.4) is 0 Å². The highest BCUT2D eigenvalue weighted by Crippen LogP contribution is 2.18. The van der Waals surface area contributed by atoms with Crippen molar-refractivity contribution in [1.29, 1.82) is 0 Å². The van der Waals surface area contributed by atoms with Crippen LogP contribution in [0.1, 0.15) is 16.7 Å². The van der Waals surface area contributed by atoms with Crippen LogP contribution in [-0.2, 0) is 16.0 Å². The normalized spacial score (nSPS) is 20.2. The standard InChI is InChI=1S/C14H18O2S/c1-10-4-3-5-11(2)12(10)8-13(15)14-9-17-7-6-16-14/h3-5,14H,6-9H2,1-2H3. The summed E-state index contributed by atoms with van der Waals surface area (Å²) in [4.78, 5) is 12.1. The molecule has 1 aromatic carbocycles. The van der Waals surface area contributed by atoms with Crippen LogP contribution >= 0.6 is 11.8 Å². The van der Waals surface area contributed by atoms with Crippen LogP contribution in [0, 0.1) is 13.8 Å². The zero-order valence-corrected chi connectivity index (χ0v) is 11.2. The molecule has 1 unspecified atom stereocenters. The minimum absolute atomic E-state index is 0.201. The molecular weight excluding hydrogens is 232 g/mol. The maximum absolute atomic E-state index is 12.1. The molecule has 1 fully saturated rings. The van der Waals surface area contributed by atoms with Crippen molar-refractivity contribution in [3.8, 4) is 0 Å². The molecule has 1 aromatic rings. The van der Waals surface area contributed by atoms with Crippen LogP contribution in [0.15, 0.2) is 18.2 Å². The Morgan fingerprint density at radius 3 is 2.71 bits per heavy atom. The number of ether oxygens (including phenoxy) is 1. The number of rotatable bonds is 3. The highest BCUT2D eigenvalue weighted by atomic mass is 32.2. The van der Waals surface area contributed by atoms with E-state index in [2.05, 4.69) is 26.0 Å². The summed E-state index contributed by atoms with van der Waals surface area (Å²) in [6, 6.07) is 6.16. The molecule has 17 heavy (non-hydrogen) atoms. The molecule has 2 nitrogen and oxygen atoms in total. The molecule has 0 amide bonds. The summed E-state index contributed by atoms with van der Waals surface area (Å²) in [6.07, 6.45) is 0.303. The molecule has 1 atom stereocenters. The Hall–Kier alpha value is -0.800. The number of carbonyl (C=O) groups is 1. The van der Waals surface area contributed by atoms with E-state index in [1.54, 1.807) is 11.8 Å². The third kappa shape index (κ3) is 3.11. The lowest BCUT2D eigenvalue weighted by Gasteiger charge is -2.21. The number of carbonyl (C=O) groups excluding carboxylic acids is 1. The first-order valence-electron chi connectivity index (χ1n) is 5.95. The van der Waals surface area contributed by atoms with Crippen LogP contribution in [0.2, 0.25) is 0 Å². The van der Waals surface area contributed by atoms with Gasteiger partial charge in [-0.2, -0.15) is 11.8 Å². The quantitative estimate of drug-likeness (QED) is 0.824. The average molecular weight is 250 g/mol. The largest absolute Gasteiger partial charge is 0.369 e. The average Bonchev–Trinajstić information content (AvgIpc) is 2.35. The van der Waals surface area contributed by atoms with Crippen LogP contribution in [-0.4, -0.2) is 30.0 Å². The number of aryl methyl sites for hydroxylation is 2. The molecule has 1 heterocycles. The van der Waals surface area contributed by atoms with Crippen molar-refractivity contribution < 1.29 is 9.53 Å². The van der Waals surface area contributed by atoms with E-state index in [4.69, 9.17) is 4.74 Å². The number of hydrogen-bond donors (Lipinski definition) is 0. The molecule has 0 N–H and O–H groups in total. The van der Waals surface area contributed by atoms with Crippen LogP contribution in [0.5, 0.6) is 0 Å². The molecule has 0 spiro atoms. The van der Waals surface area contributed by atoms with Crippen LogP contribution in [0.4, 0.5) is 0 Å². The van der Waals surface area contributed by atoms with E-state index in [-0.39, 0.29) is 11.9 Å². The molecule has 0 radical (unpaired) electrons. The number of Topliss-reactive ketones (excluding diaryl/α,β-unsaturated/α-hetero) is 1. The first kappa shape index (κ1) is 12.7. The fraction of sp³-hybridized carbons (Fsp3) is 0.500. The molecule has 0 bridgehead atoms.